The first kappa shape index (κ1) is 24.4. The zero-order valence-electron chi connectivity index (χ0n) is 16.5. The summed E-state index contributed by atoms with van der Waals surface area (Å²) < 4.78 is 5.40. The van der Waals surface area contributed by atoms with Gasteiger partial charge in [-0.25, -0.2) is 0 Å². The van der Waals surface area contributed by atoms with Crippen LogP contribution in [0.25, 0.3) is 11.4 Å². The maximum Gasteiger partial charge on any atom is 0.241 e. The number of amides is 1. The van der Waals surface area contributed by atoms with E-state index in [4.69, 9.17) is 10.3 Å². The molecule has 0 spiro atoms. The number of benzene rings is 1. The van der Waals surface area contributed by atoms with Crippen LogP contribution in [0, 0.1) is 12.8 Å². The molecule has 2 heterocycles. The number of aromatic nitrogens is 2. The molecule has 0 bridgehead atoms. The van der Waals surface area contributed by atoms with E-state index in [1.807, 2.05) is 49.9 Å². The van der Waals surface area contributed by atoms with Crippen LogP contribution < -0.4 is 5.73 Å². The number of aryl methyl sites for hydroxylation is 1. The van der Waals surface area contributed by atoms with Crippen LogP contribution >= 0.6 is 24.8 Å². The highest BCUT2D eigenvalue weighted by Gasteiger charge is 2.27. The van der Waals surface area contributed by atoms with E-state index in [1.165, 1.54) is 5.56 Å². The lowest BCUT2D eigenvalue weighted by Gasteiger charge is -2.35. The molecule has 1 aromatic carbocycles. The fraction of sp³-hybridized carbons (Fsp3) is 0.526. The van der Waals surface area contributed by atoms with Gasteiger partial charge in [-0.2, -0.15) is 4.98 Å². The van der Waals surface area contributed by atoms with E-state index in [9.17, 15) is 4.79 Å². The summed E-state index contributed by atoms with van der Waals surface area (Å²) in [6.07, 6.45) is 0. The van der Waals surface area contributed by atoms with E-state index < -0.39 is 0 Å². The minimum Gasteiger partial charge on any atom is -0.340 e. The molecule has 1 saturated heterocycles. The minimum absolute atomic E-state index is 0. The Morgan fingerprint density at radius 2 is 1.75 bits per heavy atom. The van der Waals surface area contributed by atoms with E-state index in [0.29, 0.717) is 31.3 Å². The van der Waals surface area contributed by atoms with Gasteiger partial charge in [-0.1, -0.05) is 41.9 Å². The molecule has 28 heavy (non-hydrogen) atoms. The van der Waals surface area contributed by atoms with Crippen LogP contribution in [0.15, 0.2) is 28.8 Å². The molecule has 156 valence electrons. The number of rotatable bonds is 5. The van der Waals surface area contributed by atoms with Crippen molar-refractivity contribution in [2.45, 2.75) is 33.4 Å². The molecule has 0 radical (unpaired) electrons. The molecule has 1 aliphatic rings. The topological polar surface area (TPSA) is 88.5 Å². The van der Waals surface area contributed by atoms with Gasteiger partial charge in [0, 0.05) is 37.8 Å². The molecule has 0 aliphatic carbocycles. The van der Waals surface area contributed by atoms with E-state index >= 15 is 0 Å². The average molecular weight is 430 g/mol. The van der Waals surface area contributed by atoms with Crippen LogP contribution in [0.1, 0.15) is 25.3 Å². The largest absolute Gasteiger partial charge is 0.340 e. The SMILES string of the molecule is Cc1ccc(-c2noc(CN3CCN(C(=O)C(C)C(C)N)CC3)n2)cc1.Cl.Cl. The molecular weight excluding hydrogens is 401 g/mol. The standard InChI is InChI=1S/C19H27N5O2.2ClH/c1-13-4-6-16(7-5-13)18-21-17(26-22-18)12-23-8-10-24(11-9-23)19(25)14(2)15(3)20;;/h4-7,14-15H,8-12,20H2,1-3H3;2*1H. The first-order valence-corrected chi connectivity index (χ1v) is 9.10. The molecule has 7 nitrogen and oxygen atoms in total. The average Bonchev–Trinajstić information content (AvgIpc) is 3.10. The van der Waals surface area contributed by atoms with Gasteiger partial charge < -0.3 is 15.2 Å². The van der Waals surface area contributed by atoms with Crippen LogP contribution in [0.4, 0.5) is 0 Å². The molecule has 1 amide bonds. The number of carbonyl (C=O) groups excluding carboxylic acids is 1. The number of piperazine rings is 1. The predicted octanol–water partition coefficient (Wildman–Crippen LogP) is 2.52. The summed E-state index contributed by atoms with van der Waals surface area (Å²) in [4.78, 5) is 21.0. The van der Waals surface area contributed by atoms with Crippen molar-refractivity contribution in [3.05, 3.63) is 35.7 Å². The van der Waals surface area contributed by atoms with Crippen molar-refractivity contribution in [1.82, 2.24) is 19.9 Å². The normalized spacial score (nSPS) is 16.6. The van der Waals surface area contributed by atoms with Crippen molar-refractivity contribution in [2.24, 2.45) is 11.7 Å². The van der Waals surface area contributed by atoms with Crippen LogP contribution in [0.3, 0.4) is 0 Å². The third-order valence-electron chi connectivity index (χ3n) is 5.00. The van der Waals surface area contributed by atoms with Crippen LogP contribution in [0.5, 0.6) is 0 Å². The van der Waals surface area contributed by atoms with Gasteiger partial charge in [0.1, 0.15) is 0 Å². The number of hydrogen-bond donors (Lipinski definition) is 1. The number of nitrogens with zero attached hydrogens (tertiary/aromatic N) is 4. The Kier molecular flexibility index (Phi) is 9.36. The Morgan fingerprint density at radius 1 is 1.14 bits per heavy atom. The molecule has 0 saturated carbocycles. The summed E-state index contributed by atoms with van der Waals surface area (Å²) in [6, 6.07) is 7.93. The summed E-state index contributed by atoms with van der Waals surface area (Å²) in [5.74, 6) is 1.21. The second kappa shape index (κ2) is 10.8. The van der Waals surface area contributed by atoms with Crippen molar-refractivity contribution in [2.75, 3.05) is 26.2 Å². The van der Waals surface area contributed by atoms with Gasteiger partial charge in [-0.15, -0.1) is 24.8 Å². The van der Waals surface area contributed by atoms with Crippen molar-refractivity contribution >= 4 is 30.7 Å². The molecule has 9 heteroatoms. The summed E-state index contributed by atoms with van der Waals surface area (Å²) >= 11 is 0. The molecule has 1 fully saturated rings. The van der Waals surface area contributed by atoms with E-state index in [0.717, 1.165) is 18.7 Å². The zero-order chi connectivity index (χ0) is 18.7. The number of carbonyl (C=O) groups is 1. The van der Waals surface area contributed by atoms with Gasteiger partial charge in [0.15, 0.2) is 0 Å². The Morgan fingerprint density at radius 3 is 2.32 bits per heavy atom. The minimum atomic E-state index is -0.144. The summed E-state index contributed by atoms with van der Waals surface area (Å²) in [5.41, 5.74) is 7.99. The highest BCUT2D eigenvalue weighted by Crippen LogP contribution is 2.17. The predicted molar refractivity (Wildman–Crippen MR) is 114 cm³/mol. The van der Waals surface area contributed by atoms with Crippen molar-refractivity contribution in [3.63, 3.8) is 0 Å². The van der Waals surface area contributed by atoms with Crippen molar-refractivity contribution < 1.29 is 9.32 Å². The monoisotopic (exact) mass is 429 g/mol. The summed E-state index contributed by atoms with van der Waals surface area (Å²) in [6.45, 7) is 9.40. The first-order valence-electron chi connectivity index (χ1n) is 9.10. The number of nitrogens with two attached hydrogens (primary N) is 1. The molecule has 2 aromatic rings. The smallest absolute Gasteiger partial charge is 0.241 e. The van der Waals surface area contributed by atoms with Crippen LogP contribution in [-0.2, 0) is 11.3 Å². The van der Waals surface area contributed by atoms with Crippen LogP contribution in [0.2, 0.25) is 0 Å². The molecule has 1 aromatic heterocycles. The van der Waals surface area contributed by atoms with Gasteiger partial charge >= 0.3 is 0 Å². The molecule has 3 rings (SSSR count). The molecule has 2 N–H and O–H groups in total. The Bertz CT molecular complexity index is 743. The molecule has 1 aliphatic heterocycles. The van der Waals surface area contributed by atoms with Gasteiger partial charge in [-0.05, 0) is 13.8 Å². The van der Waals surface area contributed by atoms with E-state index in [2.05, 4.69) is 15.0 Å². The zero-order valence-corrected chi connectivity index (χ0v) is 18.1. The lowest BCUT2D eigenvalue weighted by molar-refractivity contribution is -0.137. The fourth-order valence-electron chi connectivity index (χ4n) is 2.97. The van der Waals surface area contributed by atoms with Crippen LogP contribution in [-0.4, -0.2) is 58.1 Å². The Hall–Kier alpha value is -1.67. The van der Waals surface area contributed by atoms with E-state index in [-0.39, 0.29) is 42.7 Å². The lowest BCUT2D eigenvalue weighted by atomic mass is 10.0. The third-order valence-corrected chi connectivity index (χ3v) is 5.00. The quantitative estimate of drug-likeness (QED) is 0.784. The highest BCUT2D eigenvalue weighted by atomic mass is 35.5. The molecular formula is C19H29Cl2N5O2. The van der Waals surface area contributed by atoms with E-state index in [1.54, 1.807) is 0 Å². The lowest BCUT2D eigenvalue weighted by Crippen LogP contribution is -2.51. The second-order valence-corrected chi connectivity index (χ2v) is 7.13. The Balaban J connectivity index is 0.00000196. The van der Waals surface area contributed by atoms with Gasteiger partial charge in [0.2, 0.25) is 17.6 Å². The van der Waals surface area contributed by atoms with Crippen molar-refractivity contribution in [3.8, 4) is 11.4 Å². The summed E-state index contributed by atoms with van der Waals surface area (Å²) in [7, 11) is 0. The molecule has 2 unspecified atom stereocenters. The van der Waals surface area contributed by atoms with Gasteiger partial charge in [0.25, 0.3) is 0 Å². The second-order valence-electron chi connectivity index (χ2n) is 7.13. The summed E-state index contributed by atoms with van der Waals surface area (Å²) in [5, 5.41) is 4.08. The third kappa shape index (κ3) is 5.91. The number of halogens is 2. The maximum atomic E-state index is 12.4. The highest BCUT2D eigenvalue weighted by molar-refractivity contribution is 5.85. The fourth-order valence-corrected chi connectivity index (χ4v) is 2.97. The first-order chi connectivity index (χ1) is 12.4. The van der Waals surface area contributed by atoms with Gasteiger partial charge in [-0.3, -0.25) is 9.69 Å². The van der Waals surface area contributed by atoms with Gasteiger partial charge in [0.05, 0.1) is 12.5 Å². The molecule has 2 atom stereocenters. The number of hydrogen-bond acceptors (Lipinski definition) is 6. The maximum absolute atomic E-state index is 12.4. The Labute approximate surface area is 178 Å². The van der Waals surface area contributed by atoms with Crippen molar-refractivity contribution in [1.29, 1.82) is 0 Å².